The van der Waals surface area contributed by atoms with Crippen molar-refractivity contribution in [3.05, 3.63) is 46.6 Å². The zero-order chi connectivity index (χ0) is 16.9. The Morgan fingerprint density at radius 1 is 1.33 bits per heavy atom. The van der Waals surface area contributed by atoms with E-state index in [1.165, 1.54) is 22.3 Å². The Bertz CT molecular complexity index is 837. The summed E-state index contributed by atoms with van der Waals surface area (Å²) in [5.74, 6) is -0.0342. The molecule has 0 saturated heterocycles. The summed E-state index contributed by atoms with van der Waals surface area (Å²) in [5.41, 5.74) is 3.24. The molecule has 0 aliphatic rings. The molecule has 2 aromatic heterocycles. The van der Waals surface area contributed by atoms with E-state index in [1.807, 2.05) is 19.9 Å². The highest BCUT2D eigenvalue weighted by Crippen LogP contribution is 2.22. The molecule has 0 atom stereocenters. The van der Waals surface area contributed by atoms with Gasteiger partial charge in [-0.2, -0.15) is 0 Å². The van der Waals surface area contributed by atoms with Crippen molar-refractivity contribution in [3.8, 4) is 0 Å². The van der Waals surface area contributed by atoms with Crippen molar-refractivity contribution < 1.29 is 4.79 Å². The molecule has 1 aromatic carbocycles. The number of carbonyl (C=O) groups is 1. The summed E-state index contributed by atoms with van der Waals surface area (Å²) in [6.07, 6.45) is 3.91. The molecule has 0 unspecified atom stereocenters. The standard InChI is InChI=1S/C18H22N4OS/c1-3-19-18-22-12(2)16(24-18)17(23)20-10-6-7-13-11-21-15-9-5-4-8-14(13)15/h4-5,8-9,11,21H,3,6-7,10H2,1-2H3,(H,19,22)(H,20,23). The number of hydrogen-bond acceptors (Lipinski definition) is 4. The fraction of sp³-hybridized carbons (Fsp3) is 0.333. The number of para-hydroxylation sites is 1. The van der Waals surface area contributed by atoms with E-state index < -0.39 is 0 Å². The molecule has 3 rings (SSSR count). The number of thiazole rings is 1. The quantitative estimate of drug-likeness (QED) is 0.573. The minimum absolute atomic E-state index is 0.0342. The molecule has 0 fully saturated rings. The van der Waals surface area contributed by atoms with Gasteiger partial charge in [-0.1, -0.05) is 29.5 Å². The van der Waals surface area contributed by atoms with Gasteiger partial charge in [0, 0.05) is 30.2 Å². The van der Waals surface area contributed by atoms with Crippen LogP contribution in [-0.2, 0) is 6.42 Å². The van der Waals surface area contributed by atoms with Crippen LogP contribution in [0.5, 0.6) is 0 Å². The van der Waals surface area contributed by atoms with Crippen LogP contribution in [0.15, 0.2) is 30.5 Å². The second-order valence-electron chi connectivity index (χ2n) is 5.68. The van der Waals surface area contributed by atoms with Crippen LogP contribution in [0.4, 0.5) is 5.13 Å². The van der Waals surface area contributed by atoms with E-state index >= 15 is 0 Å². The zero-order valence-corrected chi connectivity index (χ0v) is 14.8. The van der Waals surface area contributed by atoms with Crippen LogP contribution in [0.2, 0.25) is 0 Å². The lowest BCUT2D eigenvalue weighted by atomic mass is 10.1. The van der Waals surface area contributed by atoms with Gasteiger partial charge in [-0.15, -0.1) is 0 Å². The molecule has 5 nitrogen and oxygen atoms in total. The maximum absolute atomic E-state index is 12.3. The molecule has 24 heavy (non-hydrogen) atoms. The second kappa shape index (κ2) is 7.49. The highest BCUT2D eigenvalue weighted by molar-refractivity contribution is 7.17. The average Bonchev–Trinajstić information content (AvgIpc) is 3.15. The number of fused-ring (bicyclic) bond motifs is 1. The van der Waals surface area contributed by atoms with Crippen molar-refractivity contribution in [2.24, 2.45) is 0 Å². The van der Waals surface area contributed by atoms with E-state index in [4.69, 9.17) is 0 Å². The van der Waals surface area contributed by atoms with Crippen LogP contribution in [0.1, 0.15) is 34.3 Å². The molecule has 1 amide bonds. The molecule has 0 saturated carbocycles. The van der Waals surface area contributed by atoms with Crippen molar-refractivity contribution in [3.63, 3.8) is 0 Å². The number of aromatic nitrogens is 2. The first kappa shape index (κ1) is 16.5. The monoisotopic (exact) mass is 342 g/mol. The van der Waals surface area contributed by atoms with Crippen molar-refractivity contribution in [2.45, 2.75) is 26.7 Å². The third-order valence-electron chi connectivity index (χ3n) is 3.91. The predicted octanol–water partition coefficient (Wildman–Crippen LogP) is 3.73. The number of H-pyrrole nitrogens is 1. The van der Waals surface area contributed by atoms with Crippen molar-refractivity contribution in [2.75, 3.05) is 18.4 Å². The molecule has 6 heteroatoms. The minimum atomic E-state index is -0.0342. The number of nitrogens with zero attached hydrogens (tertiary/aromatic N) is 1. The maximum atomic E-state index is 12.3. The Labute approximate surface area is 145 Å². The summed E-state index contributed by atoms with van der Waals surface area (Å²) in [4.78, 5) is 20.6. The second-order valence-corrected chi connectivity index (χ2v) is 6.68. The zero-order valence-electron chi connectivity index (χ0n) is 14.0. The van der Waals surface area contributed by atoms with Crippen LogP contribution < -0.4 is 10.6 Å². The van der Waals surface area contributed by atoms with Crippen LogP contribution in [0.25, 0.3) is 10.9 Å². The van der Waals surface area contributed by atoms with E-state index in [2.05, 4.69) is 45.0 Å². The van der Waals surface area contributed by atoms with Gasteiger partial charge < -0.3 is 15.6 Å². The Kier molecular flexibility index (Phi) is 5.15. The fourth-order valence-electron chi connectivity index (χ4n) is 2.73. The molecular weight excluding hydrogens is 320 g/mol. The molecule has 0 bridgehead atoms. The van der Waals surface area contributed by atoms with Gasteiger partial charge in [0.1, 0.15) is 4.88 Å². The first-order valence-corrected chi connectivity index (χ1v) is 9.05. The third-order valence-corrected chi connectivity index (χ3v) is 5.03. The average molecular weight is 342 g/mol. The van der Waals surface area contributed by atoms with Gasteiger partial charge in [0.25, 0.3) is 5.91 Å². The van der Waals surface area contributed by atoms with Gasteiger partial charge in [0.2, 0.25) is 0 Å². The summed E-state index contributed by atoms with van der Waals surface area (Å²) in [7, 11) is 0. The molecule has 3 N–H and O–H groups in total. The summed E-state index contributed by atoms with van der Waals surface area (Å²) < 4.78 is 0. The van der Waals surface area contributed by atoms with Gasteiger partial charge in [-0.05, 0) is 38.3 Å². The van der Waals surface area contributed by atoms with Gasteiger partial charge in [-0.25, -0.2) is 4.98 Å². The molecule has 0 spiro atoms. The molecule has 3 aromatic rings. The molecular formula is C18H22N4OS. The fourth-order valence-corrected chi connectivity index (χ4v) is 3.68. The predicted molar refractivity (Wildman–Crippen MR) is 100.0 cm³/mol. The molecule has 0 radical (unpaired) electrons. The number of amides is 1. The summed E-state index contributed by atoms with van der Waals surface area (Å²) in [5, 5.41) is 8.22. The van der Waals surface area contributed by atoms with Crippen LogP contribution in [-0.4, -0.2) is 29.0 Å². The Morgan fingerprint density at radius 3 is 3.00 bits per heavy atom. The number of benzene rings is 1. The number of carbonyl (C=O) groups excluding carboxylic acids is 1. The SMILES string of the molecule is CCNc1nc(C)c(C(=O)NCCCc2c[nH]c3ccccc23)s1. The number of aromatic amines is 1. The maximum Gasteiger partial charge on any atom is 0.263 e. The normalized spacial score (nSPS) is 10.9. The van der Waals surface area contributed by atoms with Crippen LogP contribution >= 0.6 is 11.3 Å². The number of hydrogen-bond donors (Lipinski definition) is 3. The Morgan fingerprint density at radius 2 is 2.17 bits per heavy atom. The lowest BCUT2D eigenvalue weighted by molar-refractivity contribution is 0.0956. The van der Waals surface area contributed by atoms with E-state index in [9.17, 15) is 4.79 Å². The van der Waals surface area contributed by atoms with Crippen LogP contribution in [0, 0.1) is 6.92 Å². The van der Waals surface area contributed by atoms with Crippen molar-refractivity contribution in [1.29, 1.82) is 0 Å². The number of rotatable bonds is 7. The Balaban J connectivity index is 1.52. The lowest BCUT2D eigenvalue weighted by Gasteiger charge is -2.04. The van der Waals surface area contributed by atoms with Crippen molar-refractivity contribution in [1.82, 2.24) is 15.3 Å². The van der Waals surface area contributed by atoms with E-state index in [-0.39, 0.29) is 5.91 Å². The molecule has 0 aliphatic carbocycles. The van der Waals surface area contributed by atoms with Gasteiger partial charge >= 0.3 is 0 Å². The third kappa shape index (κ3) is 3.59. The number of nitrogens with one attached hydrogen (secondary N) is 3. The molecule has 0 aliphatic heterocycles. The summed E-state index contributed by atoms with van der Waals surface area (Å²) in [6.45, 7) is 5.35. The van der Waals surface area contributed by atoms with Gasteiger partial charge in [0.15, 0.2) is 5.13 Å². The molecule has 2 heterocycles. The summed E-state index contributed by atoms with van der Waals surface area (Å²) in [6, 6.07) is 8.29. The smallest absolute Gasteiger partial charge is 0.263 e. The van der Waals surface area contributed by atoms with E-state index in [0.717, 1.165) is 35.7 Å². The minimum Gasteiger partial charge on any atom is -0.362 e. The number of aryl methyl sites for hydroxylation is 2. The molecule has 126 valence electrons. The highest BCUT2D eigenvalue weighted by atomic mass is 32.1. The summed E-state index contributed by atoms with van der Waals surface area (Å²) >= 11 is 1.41. The van der Waals surface area contributed by atoms with E-state index in [1.54, 1.807) is 0 Å². The van der Waals surface area contributed by atoms with Crippen LogP contribution in [0.3, 0.4) is 0 Å². The largest absolute Gasteiger partial charge is 0.362 e. The topological polar surface area (TPSA) is 69.8 Å². The first-order chi connectivity index (χ1) is 11.7. The van der Waals surface area contributed by atoms with Gasteiger partial charge in [0.05, 0.1) is 5.69 Å². The van der Waals surface area contributed by atoms with Crippen molar-refractivity contribution >= 4 is 33.3 Å². The lowest BCUT2D eigenvalue weighted by Crippen LogP contribution is -2.24. The van der Waals surface area contributed by atoms with Gasteiger partial charge in [-0.3, -0.25) is 4.79 Å². The number of anilines is 1. The first-order valence-electron chi connectivity index (χ1n) is 8.23. The highest BCUT2D eigenvalue weighted by Gasteiger charge is 2.14. The Hall–Kier alpha value is -2.34. The van der Waals surface area contributed by atoms with E-state index in [0.29, 0.717) is 11.4 Å².